The van der Waals surface area contributed by atoms with Crippen LogP contribution in [0.2, 0.25) is 0 Å². The first-order valence-corrected chi connectivity index (χ1v) is 13.3. The SMILES string of the molecule is CCC(C)C(NC(=O)OC(C)(C)C)C(=O)N1CCC(C(=O)NC(Cc2c[nH]c3ccccc23)C(=O)O)CC1. The molecule has 3 atom stereocenters. The molecule has 3 amide bonds. The summed E-state index contributed by atoms with van der Waals surface area (Å²) in [6.07, 6.45) is 2.82. The van der Waals surface area contributed by atoms with Crippen molar-refractivity contribution in [3.05, 3.63) is 36.0 Å². The van der Waals surface area contributed by atoms with E-state index in [-0.39, 0.29) is 24.2 Å². The molecule has 1 saturated heterocycles. The van der Waals surface area contributed by atoms with E-state index in [4.69, 9.17) is 4.74 Å². The lowest BCUT2D eigenvalue weighted by molar-refractivity contribution is -0.143. The largest absolute Gasteiger partial charge is 0.480 e. The molecule has 10 nitrogen and oxygen atoms in total. The topological polar surface area (TPSA) is 141 Å². The summed E-state index contributed by atoms with van der Waals surface area (Å²) >= 11 is 0. The van der Waals surface area contributed by atoms with Crippen molar-refractivity contribution in [3.8, 4) is 0 Å². The van der Waals surface area contributed by atoms with E-state index in [1.807, 2.05) is 38.1 Å². The van der Waals surface area contributed by atoms with Crippen LogP contribution in [0.4, 0.5) is 4.79 Å². The number of H-pyrrole nitrogens is 1. The van der Waals surface area contributed by atoms with E-state index in [9.17, 15) is 24.3 Å². The van der Waals surface area contributed by atoms with Crippen molar-refractivity contribution in [2.45, 2.75) is 78.0 Å². The summed E-state index contributed by atoms with van der Waals surface area (Å²) < 4.78 is 5.34. The van der Waals surface area contributed by atoms with Crippen LogP contribution in [0.3, 0.4) is 0 Å². The van der Waals surface area contributed by atoms with Gasteiger partial charge in [-0.2, -0.15) is 0 Å². The Bertz CT molecular complexity index is 1150. The number of likely N-dealkylation sites (tertiary alicyclic amines) is 1. The second kappa shape index (κ2) is 12.3. The summed E-state index contributed by atoms with van der Waals surface area (Å²) in [5.41, 5.74) is 1.05. The Balaban J connectivity index is 1.58. The number of ether oxygens (including phenoxy) is 1. The number of carbonyl (C=O) groups excluding carboxylic acids is 3. The number of nitrogens with zero attached hydrogens (tertiary/aromatic N) is 1. The summed E-state index contributed by atoms with van der Waals surface area (Å²) in [6.45, 7) is 9.83. The molecule has 38 heavy (non-hydrogen) atoms. The summed E-state index contributed by atoms with van der Waals surface area (Å²) in [7, 11) is 0. The second-order valence-corrected chi connectivity index (χ2v) is 11.1. The van der Waals surface area contributed by atoms with Gasteiger partial charge in [-0.3, -0.25) is 9.59 Å². The van der Waals surface area contributed by atoms with Gasteiger partial charge < -0.3 is 30.4 Å². The average Bonchev–Trinajstić information content (AvgIpc) is 3.27. The van der Waals surface area contributed by atoms with Crippen LogP contribution >= 0.6 is 0 Å². The molecule has 2 aromatic rings. The maximum absolute atomic E-state index is 13.3. The molecule has 208 valence electrons. The molecule has 1 fully saturated rings. The molecule has 0 bridgehead atoms. The zero-order valence-corrected chi connectivity index (χ0v) is 22.9. The van der Waals surface area contributed by atoms with Gasteiger partial charge in [0.2, 0.25) is 11.8 Å². The van der Waals surface area contributed by atoms with Crippen molar-refractivity contribution in [2.24, 2.45) is 11.8 Å². The standard InChI is InChI=1S/C28H40N4O6/c1-6-17(2)23(31-27(37)38-28(3,4)5)25(34)32-13-11-18(12-14-32)24(33)30-22(26(35)36)15-19-16-29-21-10-8-7-9-20(19)21/h7-10,16-18,22-23,29H,6,11-15H2,1-5H3,(H,30,33)(H,31,37)(H,35,36). The lowest BCUT2D eigenvalue weighted by Gasteiger charge is -2.35. The van der Waals surface area contributed by atoms with Crippen LogP contribution in [-0.2, 0) is 25.5 Å². The first kappa shape index (κ1) is 29.0. The van der Waals surface area contributed by atoms with Gasteiger partial charge >= 0.3 is 12.1 Å². The molecule has 0 saturated carbocycles. The molecule has 3 unspecified atom stereocenters. The quantitative estimate of drug-likeness (QED) is 0.393. The lowest BCUT2D eigenvalue weighted by Crippen LogP contribution is -2.55. The van der Waals surface area contributed by atoms with E-state index in [0.29, 0.717) is 32.4 Å². The molecule has 0 spiro atoms. The van der Waals surface area contributed by atoms with Gasteiger partial charge in [-0.25, -0.2) is 9.59 Å². The van der Waals surface area contributed by atoms with Gasteiger partial charge in [0.05, 0.1) is 0 Å². The molecule has 1 aromatic carbocycles. The number of aliphatic carboxylic acids is 1. The second-order valence-electron chi connectivity index (χ2n) is 11.1. The Morgan fingerprint density at radius 3 is 2.39 bits per heavy atom. The number of hydrogen-bond donors (Lipinski definition) is 4. The number of aromatic amines is 1. The van der Waals surface area contributed by atoms with Crippen molar-refractivity contribution in [1.29, 1.82) is 0 Å². The van der Waals surface area contributed by atoms with Crippen LogP contribution in [0, 0.1) is 11.8 Å². The van der Waals surface area contributed by atoms with Crippen molar-refractivity contribution in [2.75, 3.05) is 13.1 Å². The molecule has 1 aromatic heterocycles. The number of aromatic nitrogens is 1. The highest BCUT2D eigenvalue weighted by molar-refractivity contribution is 5.88. The zero-order valence-electron chi connectivity index (χ0n) is 22.9. The van der Waals surface area contributed by atoms with Crippen LogP contribution in [0.5, 0.6) is 0 Å². The first-order valence-electron chi connectivity index (χ1n) is 13.3. The van der Waals surface area contributed by atoms with Gasteiger partial charge in [-0.05, 0) is 51.2 Å². The fourth-order valence-electron chi connectivity index (χ4n) is 4.69. The minimum Gasteiger partial charge on any atom is -0.480 e. The third-order valence-corrected chi connectivity index (χ3v) is 7.04. The van der Waals surface area contributed by atoms with Gasteiger partial charge in [-0.1, -0.05) is 38.5 Å². The monoisotopic (exact) mass is 528 g/mol. The molecule has 0 radical (unpaired) electrons. The minimum atomic E-state index is -1.10. The number of fused-ring (bicyclic) bond motifs is 1. The molecule has 10 heteroatoms. The van der Waals surface area contributed by atoms with E-state index < -0.39 is 35.7 Å². The third kappa shape index (κ3) is 7.49. The lowest BCUT2D eigenvalue weighted by atomic mass is 9.92. The number of carbonyl (C=O) groups is 4. The van der Waals surface area contributed by atoms with Gasteiger partial charge in [0.15, 0.2) is 0 Å². The molecule has 2 heterocycles. The van der Waals surface area contributed by atoms with Crippen molar-refractivity contribution >= 4 is 34.8 Å². The number of nitrogens with one attached hydrogen (secondary N) is 3. The van der Waals surface area contributed by atoms with Crippen LogP contribution in [0.1, 0.15) is 59.4 Å². The highest BCUT2D eigenvalue weighted by Crippen LogP contribution is 2.22. The molecule has 4 N–H and O–H groups in total. The average molecular weight is 529 g/mol. The number of amides is 3. The molecular formula is C28H40N4O6. The van der Waals surface area contributed by atoms with Crippen molar-refractivity contribution < 1.29 is 29.0 Å². The smallest absolute Gasteiger partial charge is 0.408 e. The Hall–Kier alpha value is -3.56. The van der Waals surface area contributed by atoms with Crippen LogP contribution in [-0.4, -0.2) is 69.6 Å². The summed E-state index contributed by atoms with van der Waals surface area (Å²) in [5.74, 6) is -2.12. The van der Waals surface area contributed by atoms with Gasteiger partial charge in [0, 0.05) is 42.5 Å². The summed E-state index contributed by atoms with van der Waals surface area (Å²) in [4.78, 5) is 55.4. The van der Waals surface area contributed by atoms with E-state index in [2.05, 4.69) is 15.6 Å². The summed E-state index contributed by atoms with van der Waals surface area (Å²) in [6, 6.07) is 5.82. The fourth-order valence-corrected chi connectivity index (χ4v) is 4.69. The summed E-state index contributed by atoms with van der Waals surface area (Å²) in [5, 5.41) is 16.1. The van der Waals surface area contributed by atoms with E-state index in [1.165, 1.54) is 0 Å². The number of carboxylic acids is 1. The highest BCUT2D eigenvalue weighted by Gasteiger charge is 2.35. The number of carboxylic acid groups (broad SMARTS) is 1. The van der Waals surface area contributed by atoms with Crippen molar-refractivity contribution in [3.63, 3.8) is 0 Å². The Kier molecular flexibility index (Phi) is 9.40. The van der Waals surface area contributed by atoms with E-state index in [0.717, 1.165) is 16.5 Å². The minimum absolute atomic E-state index is 0.100. The Morgan fingerprint density at radius 1 is 1.13 bits per heavy atom. The maximum Gasteiger partial charge on any atom is 0.408 e. The molecular weight excluding hydrogens is 488 g/mol. The third-order valence-electron chi connectivity index (χ3n) is 7.04. The fraction of sp³-hybridized carbons (Fsp3) is 0.571. The van der Waals surface area contributed by atoms with E-state index in [1.54, 1.807) is 31.9 Å². The Morgan fingerprint density at radius 2 is 1.79 bits per heavy atom. The highest BCUT2D eigenvalue weighted by atomic mass is 16.6. The number of para-hydroxylation sites is 1. The van der Waals surface area contributed by atoms with Crippen LogP contribution in [0.15, 0.2) is 30.5 Å². The first-order chi connectivity index (χ1) is 17.9. The van der Waals surface area contributed by atoms with Gasteiger partial charge in [-0.15, -0.1) is 0 Å². The van der Waals surface area contributed by atoms with Gasteiger partial charge in [0.1, 0.15) is 17.7 Å². The molecule has 1 aliphatic heterocycles. The zero-order chi connectivity index (χ0) is 28.0. The number of piperidine rings is 1. The predicted molar refractivity (Wildman–Crippen MR) is 143 cm³/mol. The normalized spacial score (nSPS) is 16.9. The number of hydrogen-bond acceptors (Lipinski definition) is 5. The number of alkyl carbamates (subject to hydrolysis) is 1. The van der Waals surface area contributed by atoms with Crippen LogP contribution < -0.4 is 10.6 Å². The van der Waals surface area contributed by atoms with Gasteiger partial charge in [0.25, 0.3) is 0 Å². The number of rotatable bonds is 9. The molecule has 1 aliphatic rings. The molecule has 3 rings (SSSR count). The molecule has 0 aliphatic carbocycles. The number of benzene rings is 1. The Labute approximate surface area is 223 Å². The predicted octanol–water partition coefficient (Wildman–Crippen LogP) is 3.46. The van der Waals surface area contributed by atoms with Crippen LogP contribution in [0.25, 0.3) is 10.9 Å². The van der Waals surface area contributed by atoms with Crippen molar-refractivity contribution in [1.82, 2.24) is 20.5 Å². The van der Waals surface area contributed by atoms with E-state index >= 15 is 0 Å². The maximum atomic E-state index is 13.3.